The lowest BCUT2D eigenvalue weighted by molar-refractivity contribution is 0.0808. The quantitative estimate of drug-likeness (QED) is 0.742. The van der Waals surface area contributed by atoms with Gasteiger partial charge in [0.2, 0.25) is 0 Å². The van der Waals surface area contributed by atoms with Gasteiger partial charge in [-0.1, -0.05) is 13.3 Å². The molecule has 0 aliphatic carbocycles. The molecule has 5 heteroatoms. The molecule has 0 bridgehead atoms. The molecule has 2 rings (SSSR count). The molecule has 0 amide bonds. The predicted molar refractivity (Wildman–Crippen MR) is 101 cm³/mol. The highest BCUT2D eigenvalue weighted by Gasteiger charge is 2.22. The van der Waals surface area contributed by atoms with Gasteiger partial charge in [0.25, 0.3) is 0 Å². The second kappa shape index (κ2) is 9.54. The minimum Gasteiger partial charge on any atom is -0.488 e. The van der Waals surface area contributed by atoms with Gasteiger partial charge in [0.1, 0.15) is 11.4 Å². The van der Waals surface area contributed by atoms with Gasteiger partial charge >= 0.3 is 0 Å². The molecule has 1 atom stereocenters. The first-order chi connectivity index (χ1) is 11.5. The summed E-state index contributed by atoms with van der Waals surface area (Å²) in [7, 11) is -0.890. The van der Waals surface area contributed by atoms with Crippen molar-refractivity contribution in [1.82, 2.24) is 10.2 Å². The molecule has 1 saturated heterocycles. The summed E-state index contributed by atoms with van der Waals surface area (Å²) in [5.74, 6) is 1.60. The fraction of sp³-hybridized carbons (Fsp3) is 0.684. The topological polar surface area (TPSA) is 41.6 Å². The van der Waals surface area contributed by atoms with Crippen molar-refractivity contribution in [2.24, 2.45) is 0 Å². The summed E-state index contributed by atoms with van der Waals surface area (Å²) >= 11 is 0. The molecule has 1 N–H and O–H groups in total. The van der Waals surface area contributed by atoms with E-state index in [1.807, 2.05) is 24.3 Å². The largest absolute Gasteiger partial charge is 0.488 e. The van der Waals surface area contributed by atoms with Gasteiger partial charge in [-0.2, -0.15) is 0 Å². The molecule has 4 nitrogen and oxygen atoms in total. The van der Waals surface area contributed by atoms with Gasteiger partial charge in [0.15, 0.2) is 0 Å². The molecular formula is C19H32N2O2S. The Morgan fingerprint density at radius 2 is 1.88 bits per heavy atom. The Morgan fingerprint density at radius 1 is 1.21 bits per heavy atom. The van der Waals surface area contributed by atoms with Gasteiger partial charge in [0.05, 0.1) is 10.8 Å². The second-order valence-corrected chi connectivity index (χ2v) is 8.65. The molecule has 24 heavy (non-hydrogen) atoms. The van der Waals surface area contributed by atoms with Crippen LogP contribution in [-0.2, 0) is 10.8 Å². The van der Waals surface area contributed by atoms with Crippen molar-refractivity contribution in [3.05, 3.63) is 24.3 Å². The van der Waals surface area contributed by atoms with Gasteiger partial charge in [-0.25, -0.2) is 0 Å². The Bertz CT molecular complexity index is 511. The number of piperazine rings is 1. The minimum absolute atomic E-state index is 0.201. The van der Waals surface area contributed by atoms with Crippen molar-refractivity contribution in [3.8, 4) is 5.75 Å². The van der Waals surface area contributed by atoms with Crippen molar-refractivity contribution in [1.29, 1.82) is 0 Å². The molecule has 1 aromatic rings. The Kier molecular flexibility index (Phi) is 7.72. The SMILES string of the molecule is CCCCS(=O)c1ccc(OC(C)(C)CCN2CCNCC2)cc1. The fourth-order valence-corrected chi connectivity index (χ4v) is 4.01. The number of nitrogens with zero attached hydrogens (tertiary/aromatic N) is 1. The van der Waals surface area contributed by atoms with Crippen LogP contribution >= 0.6 is 0 Å². The maximum Gasteiger partial charge on any atom is 0.120 e. The van der Waals surface area contributed by atoms with Crippen molar-refractivity contribution in [3.63, 3.8) is 0 Å². The lowest BCUT2D eigenvalue weighted by Crippen LogP contribution is -2.45. The van der Waals surface area contributed by atoms with E-state index in [4.69, 9.17) is 4.74 Å². The van der Waals surface area contributed by atoms with Gasteiger partial charge in [0, 0.05) is 43.4 Å². The molecule has 1 aliphatic rings. The monoisotopic (exact) mass is 352 g/mol. The molecule has 0 radical (unpaired) electrons. The third kappa shape index (κ3) is 6.54. The zero-order chi connectivity index (χ0) is 17.4. The predicted octanol–water partition coefficient (Wildman–Crippen LogP) is 3.05. The van der Waals surface area contributed by atoms with E-state index in [1.54, 1.807) is 0 Å². The van der Waals surface area contributed by atoms with E-state index < -0.39 is 10.8 Å². The van der Waals surface area contributed by atoms with Crippen molar-refractivity contribution in [2.75, 3.05) is 38.5 Å². The zero-order valence-corrected chi connectivity index (χ0v) is 16.2. The zero-order valence-electron chi connectivity index (χ0n) is 15.3. The van der Waals surface area contributed by atoms with Crippen LogP contribution in [-0.4, -0.2) is 53.2 Å². The Balaban J connectivity index is 1.83. The first kappa shape index (κ1) is 19.4. The normalized spacial score (nSPS) is 17.6. The average Bonchev–Trinajstić information content (AvgIpc) is 2.59. The third-order valence-electron chi connectivity index (χ3n) is 4.40. The first-order valence-electron chi connectivity index (χ1n) is 9.11. The summed E-state index contributed by atoms with van der Waals surface area (Å²) in [6.45, 7) is 11.9. The van der Waals surface area contributed by atoms with Crippen LogP contribution in [0.2, 0.25) is 0 Å². The highest BCUT2D eigenvalue weighted by molar-refractivity contribution is 7.85. The van der Waals surface area contributed by atoms with E-state index in [1.165, 1.54) is 0 Å². The molecule has 1 heterocycles. The van der Waals surface area contributed by atoms with Gasteiger partial charge in [-0.15, -0.1) is 0 Å². The molecular weight excluding hydrogens is 320 g/mol. The van der Waals surface area contributed by atoms with Gasteiger partial charge in [-0.3, -0.25) is 4.21 Å². The van der Waals surface area contributed by atoms with E-state index in [9.17, 15) is 4.21 Å². The number of nitrogens with one attached hydrogen (secondary N) is 1. The van der Waals surface area contributed by atoms with Crippen LogP contribution in [0.1, 0.15) is 40.0 Å². The number of benzene rings is 1. The molecule has 136 valence electrons. The summed E-state index contributed by atoms with van der Waals surface area (Å²) < 4.78 is 18.3. The maximum absolute atomic E-state index is 12.1. The minimum atomic E-state index is -0.890. The van der Waals surface area contributed by atoms with Gasteiger partial charge in [-0.05, 0) is 51.0 Å². The second-order valence-electron chi connectivity index (χ2n) is 7.08. The number of hydrogen-bond acceptors (Lipinski definition) is 4. The number of ether oxygens (including phenoxy) is 1. The third-order valence-corrected chi connectivity index (χ3v) is 5.86. The highest BCUT2D eigenvalue weighted by atomic mass is 32.2. The van der Waals surface area contributed by atoms with Crippen LogP contribution in [0.3, 0.4) is 0 Å². The van der Waals surface area contributed by atoms with E-state index in [0.717, 1.165) is 68.4 Å². The van der Waals surface area contributed by atoms with Crippen molar-refractivity contribution in [2.45, 2.75) is 50.5 Å². The van der Waals surface area contributed by atoms with Crippen molar-refractivity contribution >= 4 is 10.8 Å². The lowest BCUT2D eigenvalue weighted by Gasteiger charge is -2.32. The highest BCUT2D eigenvalue weighted by Crippen LogP contribution is 2.23. The molecule has 1 aromatic carbocycles. The molecule has 0 spiro atoms. The van der Waals surface area contributed by atoms with Crippen LogP contribution in [0.5, 0.6) is 5.75 Å². The first-order valence-corrected chi connectivity index (χ1v) is 10.4. The summed E-state index contributed by atoms with van der Waals surface area (Å²) in [6, 6.07) is 7.78. The van der Waals surface area contributed by atoms with Crippen molar-refractivity contribution < 1.29 is 8.95 Å². The van der Waals surface area contributed by atoms with E-state index in [-0.39, 0.29) is 5.60 Å². The van der Waals surface area contributed by atoms with Crippen LogP contribution in [0.4, 0.5) is 0 Å². The summed E-state index contributed by atoms with van der Waals surface area (Å²) in [4.78, 5) is 3.39. The fourth-order valence-electron chi connectivity index (χ4n) is 2.78. The smallest absolute Gasteiger partial charge is 0.120 e. The average molecular weight is 353 g/mol. The molecule has 0 saturated carbocycles. The standard InChI is InChI=1S/C19H32N2O2S/c1-4-5-16-24(22)18-8-6-17(7-9-18)23-19(2,3)10-13-21-14-11-20-12-15-21/h6-9,20H,4-5,10-16H2,1-3H3. The van der Waals surface area contributed by atoms with E-state index in [0.29, 0.717) is 0 Å². The molecule has 1 fully saturated rings. The Morgan fingerprint density at radius 3 is 2.50 bits per heavy atom. The van der Waals surface area contributed by atoms with E-state index in [2.05, 4.69) is 31.0 Å². The van der Waals surface area contributed by atoms with Crippen LogP contribution in [0.25, 0.3) is 0 Å². The summed E-state index contributed by atoms with van der Waals surface area (Å²) in [5, 5.41) is 3.38. The summed E-state index contributed by atoms with van der Waals surface area (Å²) in [6.07, 6.45) is 3.08. The van der Waals surface area contributed by atoms with Crippen LogP contribution in [0.15, 0.2) is 29.2 Å². The van der Waals surface area contributed by atoms with Crippen LogP contribution < -0.4 is 10.1 Å². The maximum atomic E-state index is 12.1. The molecule has 1 aliphatic heterocycles. The Hall–Kier alpha value is -0.910. The molecule has 0 aromatic heterocycles. The number of hydrogen-bond donors (Lipinski definition) is 1. The molecule has 1 unspecified atom stereocenters. The van der Waals surface area contributed by atoms with Crippen LogP contribution in [0, 0.1) is 0 Å². The Labute approximate surface area is 149 Å². The summed E-state index contributed by atoms with van der Waals surface area (Å²) in [5.41, 5.74) is -0.201. The van der Waals surface area contributed by atoms with E-state index >= 15 is 0 Å². The lowest BCUT2D eigenvalue weighted by atomic mass is 10.0. The van der Waals surface area contributed by atoms with Gasteiger partial charge < -0.3 is 15.0 Å². The number of unbranched alkanes of at least 4 members (excludes halogenated alkanes) is 1. The number of rotatable bonds is 9.